The standard InChI is InChI=1S/C42H69NO7/c1-6-8-10-12-14-16-18-19-20-21-23-24-26-28-30-32-40(44)49-37-38(36-48-35-34-39(42(46)47)43(3,4)5)50-41(45)33-31-29-27-25-22-17-15-13-11-9-7-2/h8,10,12-16,18-21,23,38-39H,6-7,9,11,17,22,24-37H2,1-5H3/b10-8+,14-12+,15-13+,18-16+,20-19+,23-21+. The number of carboxylic acids is 1. The van der Waals surface area contributed by atoms with Gasteiger partial charge in [0.25, 0.3) is 0 Å². The summed E-state index contributed by atoms with van der Waals surface area (Å²) in [6, 6.07) is -0.736. The number of quaternary nitrogens is 1. The lowest BCUT2D eigenvalue weighted by molar-refractivity contribution is -0.889. The Bertz CT molecular complexity index is 1050. The number of hydrogen-bond acceptors (Lipinski definition) is 7. The van der Waals surface area contributed by atoms with Gasteiger partial charge < -0.3 is 28.6 Å². The third-order valence-electron chi connectivity index (χ3n) is 7.95. The summed E-state index contributed by atoms with van der Waals surface area (Å²) < 4.78 is 17.0. The smallest absolute Gasteiger partial charge is 0.306 e. The van der Waals surface area contributed by atoms with Crippen LogP contribution in [0.15, 0.2) is 72.9 Å². The van der Waals surface area contributed by atoms with Gasteiger partial charge >= 0.3 is 11.9 Å². The Morgan fingerprint density at radius 2 is 1.14 bits per heavy atom. The second-order valence-electron chi connectivity index (χ2n) is 13.5. The lowest BCUT2D eigenvalue weighted by atomic mass is 10.1. The van der Waals surface area contributed by atoms with Gasteiger partial charge in [0, 0.05) is 19.3 Å². The van der Waals surface area contributed by atoms with Crippen LogP contribution in [0.1, 0.15) is 123 Å². The maximum Gasteiger partial charge on any atom is 0.306 e. The van der Waals surface area contributed by atoms with E-state index in [-0.39, 0.29) is 42.7 Å². The van der Waals surface area contributed by atoms with Crippen LogP contribution in [0.4, 0.5) is 0 Å². The Morgan fingerprint density at radius 3 is 1.74 bits per heavy atom. The number of nitrogens with zero attached hydrogens (tertiary/aromatic N) is 1. The second kappa shape index (κ2) is 32.9. The number of unbranched alkanes of at least 4 members (excludes halogenated alkanes) is 10. The number of ether oxygens (including phenoxy) is 3. The highest BCUT2D eigenvalue weighted by Gasteiger charge is 2.25. The van der Waals surface area contributed by atoms with Crippen molar-refractivity contribution in [3.05, 3.63) is 72.9 Å². The van der Waals surface area contributed by atoms with E-state index >= 15 is 0 Å². The molecular formula is C42H69NO7. The van der Waals surface area contributed by atoms with E-state index in [1.54, 1.807) is 21.1 Å². The van der Waals surface area contributed by atoms with Gasteiger partial charge in [-0.25, -0.2) is 0 Å². The van der Waals surface area contributed by atoms with Crippen molar-refractivity contribution in [1.82, 2.24) is 0 Å². The third kappa shape index (κ3) is 30.8. The minimum atomic E-state index is -1.14. The Kier molecular flexibility index (Phi) is 30.8. The fraction of sp³-hybridized carbons (Fsp3) is 0.643. The average Bonchev–Trinajstić information content (AvgIpc) is 3.06. The predicted octanol–water partition coefficient (Wildman–Crippen LogP) is 8.29. The first-order chi connectivity index (χ1) is 24.1. The van der Waals surface area contributed by atoms with E-state index in [9.17, 15) is 19.5 Å². The summed E-state index contributed by atoms with van der Waals surface area (Å²) in [6.07, 6.45) is 39.3. The summed E-state index contributed by atoms with van der Waals surface area (Å²) >= 11 is 0. The fourth-order valence-corrected chi connectivity index (χ4v) is 4.95. The van der Waals surface area contributed by atoms with Crippen LogP contribution in [0, 0.1) is 0 Å². The van der Waals surface area contributed by atoms with E-state index in [0.717, 1.165) is 77.0 Å². The van der Waals surface area contributed by atoms with E-state index < -0.39 is 18.1 Å². The van der Waals surface area contributed by atoms with Crippen molar-refractivity contribution in [2.45, 2.75) is 135 Å². The molecule has 8 heteroatoms. The molecule has 0 saturated heterocycles. The minimum Gasteiger partial charge on any atom is -0.544 e. The third-order valence-corrected chi connectivity index (χ3v) is 7.95. The Hall–Kier alpha value is -3.23. The first kappa shape index (κ1) is 46.8. The maximum atomic E-state index is 12.6. The quantitative estimate of drug-likeness (QED) is 0.0229. The summed E-state index contributed by atoms with van der Waals surface area (Å²) in [7, 11) is 5.37. The van der Waals surface area contributed by atoms with E-state index in [1.165, 1.54) is 12.8 Å². The molecule has 0 aromatic carbocycles. The predicted molar refractivity (Wildman–Crippen MR) is 203 cm³/mol. The zero-order chi connectivity index (χ0) is 37.1. The number of aliphatic carboxylic acids is 1. The fourth-order valence-electron chi connectivity index (χ4n) is 4.95. The first-order valence-electron chi connectivity index (χ1n) is 19.0. The molecule has 0 spiro atoms. The maximum absolute atomic E-state index is 12.6. The van der Waals surface area contributed by atoms with Crippen LogP contribution >= 0.6 is 0 Å². The highest BCUT2D eigenvalue weighted by atomic mass is 16.6. The number of rotatable bonds is 32. The Balaban J connectivity index is 4.54. The van der Waals surface area contributed by atoms with Crippen molar-refractivity contribution in [2.24, 2.45) is 0 Å². The molecule has 2 atom stereocenters. The van der Waals surface area contributed by atoms with Gasteiger partial charge in [0.05, 0.1) is 40.3 Å². The molecule has 0 aromatic rings. The summed E-state index contributed by atoms with van der Waals surface area (Å²) in [5.74, 6) is -1.82. The molecular weight excluding hydrogens is 630 g/mol. The van der Waals surface area contributed by atoms with Gasteiger partial charge in [-0.15, -0.1) is 0 Å². The van der Waals surface area contributed by atoms with Crippen molar-refractivity contribution in [2.75, 3.05) is 41.0 Å². The number of carbonyl (C=O) groups is 3. The second-order valence-corrected chi connectivity index (χ2v) is 13.5. The minimum absolute atomic E-state index is 0.0191. The number of carboxylic acid groups (broad SMARTS) is 1. The van der Waals surface area contributed by atoms with Crippen LogP contribution in [-0.2, 0) is 28.6 Å². The molecule has 0 heterocycles. The largest absolute Gasteiger partial charge is 0.544 e. The van der Waals surface area contributed by atoms with Crippen LogP contribution in [0.25, 0.3) is 0 Å². The number of likely N-dealkylation sites (N-methyl/N-ethyl adjacent to an activating group) is 1. The lowest BCUT2D eigenvalue weighted by Crippen LogP contribution is -2.55. The van der Waals surface area contributed by atoms with Gasteiger partial charge in [-0.1, -0.05) is 125 Å². The van der Waals surface area contributed by atoms with E-state index in [4.69, 9.17) is 14.2 Å². The van der Waals surface area contributed by atoms with Crippen LogP contribution < -0.4 is 5.11 Å². The molecule has 0 radical (unpaired) electrons. The molecule has 8 nitrogen and oxygen atoms in total. The normalized spacial score (nSPS) is 13.9. The molecule has 0 bridgehead atoms. The van der Waals surface area contributed by atoms with Crippen molar-refractivity contribution >= 4 is 17.9 Å². The van der Waals surface area contributed by atoms with Crippen molar-refractivity contribution in [3.8, 4) is 0 Å². The summed E-state index contributed by atoms with van der Waals surface area (Å²) in [4.78, 5) is 36.6. The lowest BCUT2D eigenvalue weighted by Gasteiger charge is -2.34. The van der Waals surface area contributed by atoms with E-state index in [2.05, 4.69) is 38.2 Å². The van der Waals surface area contributed by atoms with Gasteiger partial charge in [-0.05, 0) is 51.4 Å². The molecule has 2 unspecified atom stereocenters. The number of allylic oxidation sites excluding steroid dienone is 12. The van der Waals surface area contributed by atoms with Gasteiger partial charge in [0.1, 0.15) is 12.6 Å². The van der Waals surface area contributed by atoms with E-state index in [1.807, 2.05) is 48.6 Å². The highest BCUT2D eigenvalue weighted by molar-refractivity contribution is 5.70. The molecule has 0 aliphatic heterocycles. The molecule has 0 fully saturated rings. The van der Waals surface area contributed by atoms with Gasteiger partial charge in [0.15, 0.2) is 6.10 Å². The molecule has 0 aliphatic carbocycles. The summed E-state index contributed by atoms with van der Waals surface area (Å²) in [5, 5.41) is 11.6. The summed E-state index contributed by atoms with van der Waals surface area (Å²) in [5.41, 5.74) is 0. The molecule has 0 rings (SSSR count). The Morgan fingerprint density at radius 1 is 0.620 bits per heavy atom. The van der Waals surface area contributed by atoms with E-state index in [0.29, 0.717) is 12.8 Å². The SMILES string of the molecule is CC/C=C/C=C/C=C/C=C/C=C/CCCCCC(=O)OCC(COCCC(C(=O)[O-])[N+](C)(C)C)OC(=O)CCCCCCC/C=C/CCCC. The molecule has 0 N–H and O–H groups in total. The molecule has 0 aliphatic rings. The summed E-state index contributed by atoms with van der Waals surface area (Å²) in [6.45, 7) is 4.39. The highest BCUT2D eigenvalue weighted by Crippen LogP contribution is 2.12. The molecule has 284 valence electrons. The van der Waals surface area contributed by atoms with Crippen molar-refractivity contribution < 1.29 is 38.2 Å². The van der Waals surface area contributed by atoms with Gasteiger partial charge in [-0.3, -0.25) is 9.59 Å². The molecule has 0 saturated carbocycles. The zero-order valence-corrected chi connectivity index (χ0v) is 32.0. The van der Waals surface area contributed by atoms with Crippen molar-refractivity contribution in [1.29, 1.82) is 0 Å². The number of carbonyl (C=O) groups excluding carboxylic acids is 3. The van der Waals surface area contributed by atoms with Crippen LogP contribution in [-0.4, -0.2) is 75.5 Å². The number of esters is 2. The van der Waals surface area contributed by atoms with Crippen molar-refractivity contribution in [3.63, 3.8) is 0 Å². The molecule has 0 aromatic heterocycles. The first-order valence-corrected chi connectivity index (χ1v) is 19.0. The van der Waals surface area contributed by atoms with Crippen LogP contribution in [0.2, 0.25) is 0 Å². The van der Waals surface area contributed by atoms with Gasteiger partial charge in [-0.2, -0.15) is 0 Å². The zero-order valence-electron chi connectivity index (χ0n) is 32.0. The number of hydrogen-bond donors (Lipinski definition) is 0. The Labute approximate surface area is 304 Å². The van der Waals surface area contributed by atoms with Gasteiger partial charge in [0.2, 0.25) is 0 Å². The molecule has 50 heavy (non-hydrogen) atoms. The topological polar surface area (TPSA) is 102 Å². The van der Waals surface area contributed by atoms with Crippen LogP contribution in [0.5, 0.6) is 0 Å². The monoisotopic (exact) mass is 700 g/mol. The molecule has 0 amide bonds. The van der Waals surface area contributed by atoms with Crippen LogP contribution in [0.3, 0.4) is 0 Å². The average molecular weight is 700 g/mol.